The molecule has 1 unspecified atom stereocenters. The largest absolute Gasteiger partial charge is 0.271 e. The van der Waals surface area contributed by atoms with Gasteiger partial charge in [-0.15, -0.1) is 0 Å². The Kier molecular flexibility index (Phi) is 4.11. The number of hydrazine groups is 1. The van der Waals surface area contributed by atoms with Gasteiger partial charge in [0.15, 0.2) is 11.6 Å². The molecule has 20 heavy (non-hydrogen) atoms. The van der Waals surface area contributed by atoms with Gasteiger partial charge in [-0.1, -0.05) is 18.2 Å². The second-order valence-corrected chi connectivity index (χ2v) is 4.70. The van der Waals surface area contributed by atoms with Crippen LogP contribution in [0.2, 0.25) is 0 Å². The predicted octanol–water partition coefficient (Wildman–Crippen LogP) is 3.27. The lowest BCUT2D eigenvalue weighted by Gasteiger charge is -2.20. The van der Waals surface area contributed by atoms with E-state index >= 15 is 0 Å². The fourth-order valence-electron chi connectivity index (χ4n) is 2.15. The van der Waals surface area contributed by atoms with Crippen LogP contribution in [0.15, 0.2) is 30.3 Å². The third kappa shape index (κ3) is 2.55. The average molecular weight is 280 g/mol. The number of aryl methyl sites for hydroxylation is 2. The zero-order valence-corrected chi connectivity index (χ0v) is 11.2. The Labute approximate surface area is 115 Å². The van der Waals surface area contributed by atoms with Crippen molar-refractivity contribution >= 4 is 0 Å². The molecule has 0 fully saturated rings. The van der Waals surface area contributed by atoms with Crippen LogP contribution in [-0.2, 0) is 0 Å². The summed E-state index contributed by atoms with van der Waals surface area (Å²) in [4.78, 5) is 0. The van der Waals surface area contributed by atoms with Crippen LogP contribution < -0.4 is 11.3 Å². The van der Waals surface area contributed by atoms with Gasteiger partial charge in [0, 0.05) is 5.56 Å². The van der Waals surface area contributed by atoms with Gasteiger partial charge in [-0.05, 0) is 42.7 Å². The smallest absolute Gasteiger partial charge is 0.164 e. The third-order valence-electron chi connectivity index (χ3n) is 3.34. The van der Waals surface area contributed by atoms with Gasteiger partial charge in [0.2, 0.25) is 0 Å². The molecule has 0 bridgehead atoms. The quantitative estimate of drug-likeness (QED) is 0.669. The summed E-state index contributed by atoms with van der Waals surface area (Å²) in [6, 6.07) is 6.23. The monoisotopic (exact) mass is 280 g/mol. The molecule has 3 N–H and O–H groups in total. The topological polar surface area (TPSA) is 38.0 Å². The number of benzene rings is 2. The van der Waals surface area contributed by atoms with Gasteiger partial charge in [0.25, 0.3) is 0 Å². The fourth-order valence-corrected chi connectivity index (χ4v) is 2.15. The SMILES string of the molecule is Cc1ccc(F)cc1C(NN)c1ccc(C)c(F)c1F. The third-order valence-corrected chi connectivity index (χ3v) is 3.34. The molecular weight excluding hydrogens is 265 g/mol. The van der Waals surface area contributed by atoms with E-state index in [-0.39, 0.29) is 11.1 Å². The molecule has 0 aliphatic heterocycles. The van der Waals surface area contributed by atoms with E-state index in [0.717, 1.165) is 5.56 Å². The highest BCUT2D eigenvalue weighted by Gasteiger charge is 2.22. The molecule has 0 heterocycles. The molecule has 0 saturated heterocycles. The van der Waals surface area contributed by atoms with Crippen molar-refractivity contribution in [1.82, 2.24) is 5.43 Å². The molecule has 2 nitrogen and oxygen atoms in total. The highest BCUT2D eigenvalue weighted by molar-refractivity contribution is 5.39. The highest BCUT2D eigenvalue weighted by atomic mass is 19.2. The summed E-state index contributed by atoms with van der Waals surface area (Å²) in [5.41, 5.74) is 3.87. The van der Waals surface area contributed by atoms with Gasteiger partial charge in [-0.3, -0.25) is 5.84 Å². The summed E-state index contributed by atoms with van der Waals surface area (Å²) in [7, 11) is 0. The first-order valence-corrected chi connectivity index (χ1v) is 6.12. The standard InChI is InChI=1S/C15H15F3N2/c1-8-3-5-10(16)7-12(8)15(20-19)11-6-4-9(2)13(17)14(11)18/h3-7,15,20H,19H2,1-2H3. The van der Waals surface area contributed by atoms with Crippen molar-refractivity contribution in [2.45, 2.75) is 19.9 Å². The van der Waals surface area contributed by atoms with Crippen LogP contribution in [0.5, 0.6) is 0 Å². The normalized spacial score (nSPS) is 12.5. The van der Waals surface area contributed by atoms with E-state index in [9.17, 15) is 13.2 Å². The first-order valence-electron chi connectivity index (χ1n) is 6.12. The first-order chi connectivity index (χ1) is 9.45. The summed E-state index contributed by atoms with van der Waals surface area (Å²) in [5, 5.41) is 0. The van der Waals surface area contributed by atoms with Crippen LogP contribution in [0.3, 0.4) is 0 Å². The second kappa shape index (κ2) is 5.64. The molecule has 2 aromatic carbocycles. The molecule has 1 atom stereocenters. The van der Waals surface area contributed by atoms with Crippen molar-refractivity contribution in [3.8, 4) is 0 Å². The molecule has 0 amide bonds. The second-order valence-electron chi connectivity index (χ2n) is 4.70. The Bertz CT molecular complexity index is 641. The molecule has 0 spiro atoms. The summed E-state index contributed by atoms with van der Waals surface area (Å²) in [6.07, 6.45) is 0. The first kappa shape index (κ1) is 14.6. The van der Waals surface area contributed by atoms with E-state index in [0.29, 0.717) is 5.56 Å². The Morgan fingerprint density at radius 1 is 0.900 bits per heavy atom. The molecule has 106 valence electrons. The van der Waals surface area contributed by atoms with Crippen molar-refractivity contribution in [2.24, 2.45) is 5.84 Å². The number of rotatable bonds is 3. The molecule has 0 aliphatic rings. The van der Waals surface area contributed by atoms with E-state index < -0.39 is 23.5 Å². The maximum atomic E-state index is 14.1. The van der Waals surface area contributed by atoms with Crippen molar-refractivity contribution in [3.05, 3.63) is 70.0 Å². The number of nitrogens with two attached hydrogens (primary N) is 1. The van der Waals surface area contributed by atoms with Crippen LogP contribution >= 0.6 is 0 Å². The van der Waals surface area contributed by atoms with E-state index in [2.05, 4.69) is 5.43 Å². The van der Waals surface area contributed by atoms with E-state index in [1.807, 2.05) is 0 Å². The van der Waals surface area contributed by atoms with Crippen LogP contribution in [0.4, 0.5) is 13.2 Å². The van der Waals surface area contributed by atoms with Crippen LogP contribution in [-0.4, -0.2) is 0 Å². The number of hydrogen-bond acceptors (Lipinski definition) is 2. The maximum Gasteiger partial charge on any atom is 0.164 e. The van der Waals surface area contributed by atoms with E-state index in [1.165, 1.54) is 31.2 Å². The van der Waals surface area contributed by atoms with Gasteiger partial charge < -0.3 is 0 Å². The molecule has 0 radical (unpaired) electrons. The minimum atomic E-state index is -0.975. The number of hydrogen-bond donors (Lipinski definition) is 2. The maximum absolute atomic E-state index is 14.1. The van der Waals surface area contributed by atoms with Gasteiger partial charge >= 0.3 is 0 Å². The number of nitrogens with one attached hydrogen (secondary N) is 1. The molecule has 2 aromatic rings. The Morgan fingerprint density at radius 2 is 1.55 bits per heavy atom. The Morgan fingerprint density at radius 3 is 2.20 bits per heavy atom. The molecule has 0 saturated carbocycles. The van der Waals surface area contributed by atoms with E-state index in [1.54, 1.807) is 13.0 Å². The minimum Gasteiger partial charge on any atom is -0.271 e. The van der Waals surface area contributed by atoms with Crippen molar-refractivity contribution in [3.63, 3.8) is 0 Å². The highest BCUT2D eigenvalue weighted by Crippen LogP contribution is 2.28. The fraction of sp³-hybridized carbons (Fsp3) is 0.200. The van der Waals surface area contributed by atoms with Crippen LogP contribution in [0, 0.1) is 31.3 Å². The van der Waals surface area contributed by atoms with Crippen molar-refractivity contribution < 1.29 is 13.2 Å². The molecule has 0 aliphatic carbocycles. The van der Waals surface area contributed by atoms with Gasteiger partial charge in [0.05, 0.1) is 6.04 Å². The molecular formula is C15H15F3N2. The summed E-state index contributed by atoms with van der Waals surface area (Å²) in [5.74, 6) is 3.10. The lowest BCUT2D eigenvalue weighted by Crippen LogP contribution is -2.30. The Hall–Kier alpha value is -1.85. The summed E-state index contributed by atoms with van der Waals surface area (Å²) < 4.78 is 41.1. The Balaban J connectivity index is 2.58. The number of halogens is 3. The molecule has 0 aromatic heterocycles. The molecule has 5 heteroatoms. The minimum absolute atomic E-state index is 0.0456. The van der Waals surface area contributed by atoms with Crippen LogP contribution in [0.1, 0.15) is 28.3 Å². The van der Waals surface area contributed by atoms with Crippen LogP contribution in [0.25, 0.3) is 0 Å². The summed E-state index contributed by atoms with van der Waals surface area (Å²) in [6.45, 7) is 3.22. The summed E-state index contributed by atoms with van der Waals surface area (Å²) >= 11 is 0. The zero-order chi connectivity index (χ0) is 14.9. The lowest BCUT2D eigenvalue weighted by atomic mass is 9.94. The van der Waals surface area contributed by atoms with Gasteiger partial charge in [-0.25, -0.2) is 18.6 Å². The average Bonchev–Trinajstić information content (AvgIpc) is 2.43. The zero-order valence-electron chi connectivity index (χ0n) is 11.2. The molecule has 2 rings (SSSR count). The van der Waals surface area contributed by atoms with Gasteiger partial charge in [-0.2, -0.15) is 0 Å². The lowest BCUT2D eigenvalue weighted by molar-refractivity contribution is 0.477. The van der Waals surface area contributed by atoms with Crippen molar-refractivity contribution in [2.75, 3.05) is 0 Å². The predicted molar refractivity (Wildman–Crippen MR) is 71.4 cm³/mol. The van der Waals surface area contributed by atoms with Gasteiger partial charge in [0.1, 0.15) is 5.82 Å². The van der Waals surface area contributed by atoms with Crippen molar-refractivity contribution in [1.29, 1.82) is 0 Å². The van der Waals surface area contributed by atoms with E-state index in [4.69, 9.17) is 5.84 Å².